The minimum Gasteiger partial charge on any atom is -0.495 e. The molecule has 2 heterocycles. The predicted molar refractivity (Wildman–Crippen MR) is 133 cm³/mol. The van der Waals surface area contributed by atoms with Crippen molar-refractivity contribution in [2.45, 2.75) is 18.4 Å². The van der Waals surface area contributed by atoms with Crippen molar-refractivity contribution in [1.82, 2.24) is 4.90 Å². The second-order valence-corrected chi connectivity index (χ2v) is 8.93. The number of anilines is 1. The van der Waals surface area contributed by atoms with Crippen LogP contribution in [0.2, 0.25) is 5.02 Å². The van der Waals surface area contributed by atoms with E-state index in [0.717, 1.165) is 17.5 Å². The number of hydrogen-bond donors (Lipinski definition) is 1. The van der Waals surface area contributed by atoms with Gasteiger partial charge in [0.25, 0.3) is 5.91 Å². The van der Waals surface area contributed by atoms with Crippen molar-refractivity contribution in [3.8, 4) is 17.2 Å². The van der Waals surface area contributed by atoms with Crippen molar-refractivity contribution in [3.05, 3.63) is 81.9 Å². The zero-order chi connectivity index (χ0) is 24.7. The minimum absolute atomic E-state index is 0.134. The van der Waals surface area contributed by atoms with Crippen LogP contribution in [0.4, 0.5) is 5.69 Å². The second-order valence-electron chi connectivity index (χ2n) is 8.50. The Hall–Kier alpha value is -3.71. The SMILES string of the molecule is COc1ccc(Cl)cc1NC(=O)[C@@H]1c2cc(OC)c(OC)cc2C(=O)N2CCc3ccccc3[C@@H]12. The molecule has 0 bridgehead atoms. The molecule has 2 aliphatic rings. The smallest absolute Gasteiger partial charge is 0.254 e. The molecular weight excluding hydrogens is 468 g/mol. The molecule has 0 radical (unpaired) electrons. The van der Waals surface area contributed by atoms with E-state index in [1.165, 1.54) is 21.3 Å². The van der Waals surface area contributed by atoms with Gasteiger partial charge >= 0.3 is 0 Å². The number of nitrogens with zero attached hydrogens (tertiary/aromatic N) is 1. The fourth-order valence-corrected chi connectivity index (χ4v) is 5.29. The lowest BCUT2D eigenvalue weighted by molar-refractivity contribution is -0.119. The van der Waals surface area contributed by atoms with Crippen molar-refractivity contribution >= 4 is 29.1 Å². The Kier molecular flexibility index (Phi) is 6.03. The maximum atomic E-state index is 14.0. The van der Waals surface area contributed by atoms with E-state index >= 15 is 0 Å². The van der Waals surface area contributed by atoms with Crippen LogP contribution in [0.25, 0.3) is 0 Å². The summed E-state index contributed by atoms with van der Waals surface area (Å²) in [5, 5.41) is 3.47. The fourth-order valence-electron chi connectivity index (χ4n) is 5.12. The highest BCUT2D eigenvalue weighted by atomic mass is 35.5. The van der Waals surface area contributed by atoms with Gasteiger partial charge in [-0.3, -0.25) is 9.59 Å². The van der Waals surface area contributed by atoms with Gasteiger partial charge in [0.05, 0.1) is 39.0 Å². The predicted octanol–water partition coefficient (Wildman–Crippen LogP) is 4.84. The van der Waals surface area contributed by atoms with E-state index in [9.17, 15) is 9.59 Å². The molecule has 3 aromatic carbocycles. The van der Waals surface area contributed by atoms with Crippen LogP contribution in [-0.2, 0) is 11.2 Å². The van der Waals surface area contributed by atoms with Crippen molar-refractivity contribution < 1.29 is 23.8 Å². The highest BCUT2D eigenvalue weighted by Gasteiger charge is 2.47. The minimum atomic E-state index is -0.701. The lowest BCUT2D eigenvalue weighted by Crippen LogP contribution is -2.49. The first-order valence-corrected chi connectivity index (χ1v) is 11.6. The Morgan fingerprint density at radius 3 is 2.40 bits per heavy atom. The molecule has 0 saturated heterocycles. The van der Waals surface area contributed by atoms with Crippen LogP contribution in [0.15, 0.2) is 54.6 Å². The van der Waals surface area contributed by atoms with E-state index in [0.29, 0.717) is 45.6 Å². The van der Waals surface area contributed by atoms with Gasteiger partial charge in [0.2, 0.25) is 5.91 Å². The average molecular weight is 493 g/mol. The molecular formula is C27H25ClN2O5. The molecule has 0 aromatic heterocycles. The molecule has 0 aliphatic carbocycles. The molecule has 0 unspecified atom stereocenters. The highest BCUT2D eigenvalue weighted by Crippen LogP contribution is 2.49. The third kappa shape index (κ3) is 3.86. The molecule has 3 aromatic rings. The van der Waals surface area contributed by atoms with Crippen molar-refractivity contribution in [1.29, 1.82) is 0 Å². The van der Waals surface area contributed by atoms with Gasteiger partial charge in [-0.2, -0.15) is 0 Å². The van der Waals surface area contributed by atoms with Gasteiger partial charge in [0.1, 0.15) is 5.75 Å². The average Bonchev–Trinajstić information content (AvgIpc) is 2.88. The molecule has 2 amide bonds. The van der Waals surface area contributed by atoms with Crippen LogP contribution < -0.4 is 19.5 Å². The summed E-state index contributed by atoms with van der Waals surface area (Å²) in [5.74, 6) is 0.264. The van der Waals surface area contributed by atoms with Gasteiger partial charge in [0.15, 0.2) is 11.5 Å². The zero-order valence-electron chi connectivity index (χ0n) is 19.6. The molecule has 0 fully saturated rings. The molecule has 0 spiro atoms. The molecule has 2 aliphatic heterocycles. The number of halogens is 1. The third-order valence-corrected chi connectivity index (χ3v) is 6.97. The standard InChI is InChI=1S/C27H25ClN2O5/c1-33-21-9-8-16(28)12-20(21)29-26(31)24-18-13-22(34-2)23(35-3)14-19(18)27(32)30-11-10-15-6-4-5-7-17(15)25(24)30/h4-9,12-14,24-25H,10-11H2,1-3H3,(H,29,31)/t24-,25+/m1/s1. The van der Waals surface area contributed by atoms with Crippen molar-refractivity contribution in [2.24, 2.45) is 0 Å². The number of ether oxygens (including phenoxy) is 3. The van der Waals surface area contributed by atoms with Crippen LogP contribution in [0, 0.1) is 0 Å². The summed E-state index contributed by atoms with van der Waals surface area (Å²) in [6, 6.07) is 15.9. The zero-order valence-corrected chi connectivity index (χ0v) is 20.4. The number of amides is 2. The Balaban J connectivity index is 1.69. The van der Waals surface area contributed by atoms with Crippen molar-refractivity contribution in [2.75, 3.05) is 33.2 Å². The van der Waals surface area contributed by atoms with Gasteiger partial charge in [-0.05, 0) is 53.4 Å². The first-order valence-electron chi connectivity index (χ1n) is 11.3. The molecule has 8 heteroatoms. The molecule has 0 saturated carbocycles. The number of hydrogen-bond acceptors (Lipinski definition) is 5. The van der Waals surface area contributed by atoms with E-state index in [1.807, 2.05) is 18.2 Å². The summed E-state index contributed by atoms with van der Waals surface area (Å²) in [7, 11) is 4.58. The monoisotopic (exact) mass is 492 g/mol. The number of carbonyl (C=O) groups excluding carboxylic acids is 2. The number of benzene rings is 3. The molecule has 1 N–H and O–H groups in total. The van der Waals surface area contributed by atoms with E-state index in [1.54, 1.807) is 35.2 Å². The van der Waals surface area contributed by atoms with Crippen LogP contribution in [0.3, 0.4) is 0 Å². The number of methoxy groups -OCH3 is 3. The molecule has 2 atom stereocenters. The highest BCUT2D eigenvalue weighted by molar-refractivity contribution is 6.31. The van der Waals surface area contributed by atoms with Crippen molar-refractivity contribution in [3.63, 3.8) is 0 Å². The first-order chi connectivity index (χ1) is 17.0. The lowest BCUT2D eigenvalue weighted by Gasteiger charge is -2.45. The quantitative estimate of drug-likeness (QED) is 0.551. The summed E-state index contributed by atoms with van der Waals surface area (Å²) in [5.41, 5.74) is 3.56. The summed E-state index contributed by atoms with van der Waals surface area (Å²) >= 11 is 6.20. The Labute approximate surface area is 208 Å². The van der Waals surface area contributed by atoms with Gasteiger partial charge in [-0.25, -0.2) is 0 Å². The topological polar surface area (TPSA) is 77.1 Å². The van der Waals surface area contributed by atoms with Gasteiger partial charge in [0, 0.05) is 17.1 Å². The van der Waals surface area contributed by atoms with Crippen LogP contribution >= 0.6 is 11.6 Å². The first kappa shape index (κ1) is 23.1. The second kappa shape index (κ2) is 9.15. The fraction of sp³-hybridized carbons (Fsp3) is 0.259. The largest absolute Gasteiger partial charge is 0.495 e. The maximum absolute atomic E-state index is 14.0. The summed E-state index contributed by atoms with van der Waals surface area (Å²) in [4.78, 5) is 29.5. The van der Waals surface area contributed by atoms with Crippen LogP contribution in [0.5, 0.6) is 17.2 Å². The Bertz CT molecular complexity index is 1320. The number of rotatable bonds is 5. The summed E-state index contributed by atoms with van der Waals surface area (Å²) in [6.07, 6.45) is 0.720. The Morgan fingerprint density at radius 1 is 0.943 bits per heavy atom. The normalized spacial score (nSPS) is 18.2. The Morgan fingerprint density at radius 2 is 1.66 bits per heavy atom. The van der Waals surface area contributed by atoms with E-state index in [-0.39, 0.29) is 11.8 Å². The van der Waals surface area contributed by atoms with Gasteiger partial charge < -0.3 is 24.4 Å². The lowest BCUT2D eigenvalue weighted by atomic mass is 9.75. The van der Waals surface area contributed by atoms with Crippen LogP contribution in [-0.4, -0.2) is 44.6 Å². The third-order valence-electron chi connectivity index (χ3n) is 6.73. The number of nitrogens with one attached hydrogen (secondary N) is 1. The summed E-state index contributed by atoms with van der Waals surface area (Å²) < 4.78 is 16.4. The van der Waals surface area contributed by atoms with Gasteiger partial charge in [-0.1, -0.05) is 35.9 Å². The maximum Gasteiger partial charge on any atom is 0.254 e. The van der Waals surface area contributed by atoms with E-state index in [2.05, 4.69) is 11.4 Å². The molecule has 5 rings (SSSR count). The number of fused-ring (bicyclic) bond motifs is 4. The number of carbonyl (C=O) groups is 2. The van der Waals surface area contributed by atoms with E-state index < -0.39 is 12.0 Å². The van der Waals surface area contributed by atoms with Gasteiger partial charge in [-0.15, -0.1) is 0 Å². The molecule has 7 nitrogen and oxygen atoms in total. The van der Waals surface area contributed by atoms with Crippen LogP contribution in [0.1, 0.15) is 39.0 Å². The summed E-state index contributed by atoms with van der Waals surface area (Å²) in [6.45, 7) is 0.512. The molecule has 35 heavy (non-hydrogen) atoms. The molecule has 180 valence electrons. The van der Waals surface area contributed by atoms with E-state index in [4.69, 9.17) is 25.8 Å².